The summed E-state index contributed by atoms with van der Waals surface area (Å²) in [6.07, 6.45) is 52.9. The molecule has 1 aromatic carbocycles. The fourth-order valence-corrected chi connectivity index (χ4v) is 12.2. The van der Waals surface area contributed by atoms with Gasteiger partial charge in [-0.2, -0.15) is 25.3 Å². The van der Waals surface area contributed by atoms with Crippen molar-refractivity contribution in [3.05, 3.63) is 30.3 Å². The van der Waals surface area contributed by atoms with Crippen LogP contribution in [0.15, 0.2) is 30.3 Å². The first-order valence-electron chi connectivity index (χ1n) is 24.6. The Balaban J connectivity index is 0.00000115. The number of rotatable bonds is 38. The normalized spacial score (nSPS) is 12.8. The lowest BCUT2D eigenvalue weighted by Gasteiger charge is -2.41. The Kier molecular flexibility index (Phi) is 40.2. The van der Waals surface area contributed by atoms with Gasteiger partial charge in [-0.1, -0.05) is 240 Å². The van der Waals surface area contributed by atoms with Gasteiger partial charge in [0.2, 0.25) is 0 Å². The molecule has 2 atom stereocenters. The second-order valence-electron chi connectivity index (χ2n) is 17.8. The van der Waals surface area contributed by atoms with Crippen LogP contribution >= 0.6 is 7.92 Å². The van der Waals surface area contributed by atoms with Crippen molar-refractivity contribution in [2.45, 2.75) is 266 Å². The topological polar surface area (TPSA) is 0 Å². The Hall–Kier alpha value is -0.285. The highest BCUT2D eigenvalue weighted by molar-refractivity contribution is 7.65. The van der Waals surface area contributed by atoms with Crippen molar-refractivity contribution in [3.63, 3.8) is 0 Å². The molecule has 308 valence electrons. The molecule has 0 aliphatic carbocycles. The zero-order valence-electron chi connectivity index (χ0n) is 37.5. The lowest BCUT2D eigenvalue weighted by Crippen LogP contribution is -2.34. The SMILES string of the molecule is CCCCCCCC[B-](CCCCCCCC)(CCCCCCCC)CCCCCCCC.CCCCCC[PH+](CC(C)CCC)c1ccccc1. The summed E-state index contributed by atoms with van der Waals surface area (Å²) in [5.74, 6) is 0.908. The van der Waals surface area contributed by atoms with Crippen LogP contribution < -0.4 is 5.30 Å². The smallest absolute Gasteiger partial charge is 0.0914 e. The number of hydrogen-bond donors (Lipinski definition) is 0. The molecule has 0 saturated heterocycles. The first-order chi connectivity index (χ1) is 25.5. The van der Waals surface area contributed by atoms with Crippen molar-refractivity contribution < 1.29 is 0 Å². The summed E-state index contributed by atoms with van der Waals surface area (Å²) in [5, 5.41) is 1.66. The van der Waals surface area contributed by atoms with E-state index in [0.717, 1.165) is 5.92 Å². The minimum absolute atomic E-state index is 0.104. The van der Waals surface area contributed by atoms with E-state index in [4.69, 9.17) is 0 Å². The summed E-state index contributed by atoms with van der Waals surface area (Å²) in [7, 11) is -0.324. The average molecular weight is 743 g/mol. The van der Waals surface area contributed by atoms with Crippen LogP contribution in [0.3, 0.4) is 0 Å². The predicted molar refractivity (Wildman–Crippen MR) is 251 cm³/mol. The summed E-state index contributed by atoms with van der Waals surface area (Å²) in [6.45, 7) is 16.4. The minimum Gasteiger partial charge on any atom is -0.178 e. The Labute approximate surface area is 333 Å². The van der Waals surface area contributed by atoms with Crippen LogP contribution in [0.5, 0.6) is 0 Å². The van der Waals surface area contributed by atoms with E-state index in [9.17, 15) is 0 Å². The molecule has 0 nitrogen and oxygen atoms in total. The summed E-state index contributed by atoms with van der Waals surface area (Å²) in [6, 6.07) is 11.3. The molecular weight excluding hydrogens is 642 g/mol. The quantitative estimate of drug-likeness (QED) is 0.0360. The maximum atomic E-state index is 2.45. The first-order valence-corrected chi connectivity index (χ1v) is 26.6. The molecule has 0 aliphatic rings. The zero-order chi connectivity index (χ0) is 38.2. The molecule has 2 heteroatoms. The molecule has 0 amide bonds. The summed E-state index contributed by atoms with van der Waals surface area (Å²) in [5.41, 5.74) is 0. The van der Waals surface area contributed by atoms with E-state index < -0.39 is 0 Å². The van der Waals surface area contributed by atoms with Crippen molar-refractivity contribution >= 4 is 19.4 Å². The van der Waals surface area contributed by atoms with Gasteiger partial charge in [0.1, 0.15) is 0 Å². The van der Waals surface area contributed by atoms with Gasteiger partial charge in [-0.05, 0) is 37.3 Å². The maximum absolute atomic E-state index is 2.45. The molecule has 1 rings (SSSR count). The van der Waals surface area contributed by atoms with Gasteiger partial charge in [0, 0.05) is 14.1 Å². The fraction of sp³-hybridized carbons (Fsp3) is 0.880. The van der Waals surface area contributed by atoms with Gasteiger partial charge in [-0.15, -0.1) is 0 Å². The van der Waals surface area contributed by atoms with Gasteiger partial charge in [0.15, 0.2) is 0 Å². The Morgan fingerprint density at radius 3 is 1.08 bits per heavy atom. The number of hydrogen-bond acceptors (Lipinski definition) is 0. The van der Waals surface area contributed by atoms with Crippen molar-refractivity contribution in [3.8, 4) is 0 Å². The molecular formula is C50H100BP. The molecule has 0 spiro atoms. The predicted octanol–water partition coefficient (Wildman–Crippen LogP) is 18.4. The van der Waals surface area contributed by atoms with E-state index >= 15 is 0 Å². The number of benzene rings is 1. The second-order valence-corrected chi connectivity index (χ2v) is 20.5. The second kappa shape index (κ2) is 40.4. The highest BCUT2D eigenvalue weighted by Gasteiger charge is 2.23. The molecule has 0 N–H and O–H groups in total. The van der Waals surface area contributed by atoms with Gasteiger partial charge >= 0.3 is 0 Å². The molecule has 0 aromatic heterocycles. The van der Waals surface area contributed by atoms with Crippen LogP contribution in [0, 0.1) is 5.92 Å². The van der Waals surface area contributed by atoms with Crippen LogP contribution in [-0.4, -0.2) is 18.5 Å². The van der Waals surface area contributed by atoms with Crippen molar-refractivity contribution in [1.82, 2.24) is 0 Å². The summed E-state index contributed by atoms with van der Waals surface area (Å²) < 4.78 is 0. The lowest BCUT2D eigenvalue weighted by atomic mass is 9.17. The van der Waals surface area contributed by atoms with Crippen LogP contribution in [0.2, 0.25) is 25.3 Å². The molecule has 1 aromatic rings. The molecule has 0 radical (unpaired) electrons. The van der Waals surface area contributed by atoms with Gasteiger partial charge in [0.05, 0.1) is 17.6 Å². The molecule has 2 unspecified atom stereocenters. The molecule has 0 fully saturated rings. The molecule has 0 bridgehead atoms. The van der Waals surface area contributed by atoms with Crippen molar-refractivity contribution in [2.24, 2.45) is 5.92 Å². The average Bonchev–Trinajstić information content (AvgIpc) is 3.16. The maximum Gasteiger partial charge on any atom is 0.0914 e. The van der Waals surface area contributed by atoms with Crippen LogP contribution in [0.1, 0.15) is 241 Å². The Morgan fingerprint density at radius 1 is 0.404 bits per heavy atom. The van der Waals surface area contributed by atoms with Gasteiger partial charge < -0.3 is 0 Å². The standard InChI is InChI=1S/C32H68B.C18H31P/c1-5-9-13-17-21-25-29-33(30-26-22-18-14-10-6-2,31-27-23-19-15-11-7-3)32-28-24-20-16-12-8-4;1-4-6-7-11-15-19(16-17(3)12-5-2)18-13-9-8-10-14-18/h5-32H2,1-4H3;8-10,13-14,17H,4-7,11-12,15-16H2,1-3H3/q-1;/p+1. The van der Waals surface area contributed by atoms with Gasteiger partial charge in [-0.25, -0.2) is 0 Å². The Bertz CT molecular complexity index is 723. The molecule has 52 heavy (non-hydrogen) atoms. The van der Waals surface area contributed by atoms with Gasteiger partial charge in [0.25, 0.3) is 0 Å². The van der Waals surface area contributed by atoms with E-state index in [1.165, 1.54) is 205 Å². The third kappa shape index (κ3) is 32.0. The van der Waals surface area contributed by atoms with Crippen LogP contribution in [-0.2, 0) is 0 Å². The van der Waals surface area contributed by atoms with Crippen molar-refractivity contribution in [2.75, 3.05) is 12.3 Å². The highest BCUT2D eigenvalue weighted by atomic mass is 31.1. The van der Waals surface area contributed by atoms with Crippen molar-refractivity contribution in [1.29, 1.82) is 0 Å². The molecule has 0 saturated carbocycles. The third-order valence-corrected chi connectivity index (χ3v) is 15.9. The first kappa shape index (κ1) is 51.7. The molecule has 0 heterocycles. The van der Waals surface area contributed by atoms with Gasteiger partial charge in [-0.3, -0.25) is 0 Å². The van der Waals surface area contributed by atoms with E-state index in [1.54, 1.807) is 30.6 Å². The van der Waals surface area contributed by atoms with E-state index in [2.05, 4.69) is 78.8 Å². The minimum atomic E-state index is -0.324. The summed E-state index contributed by atoms with van der Waals surface area (Å²) >= 11 is 0. The van der Waals surface area contributed by atoms with E-state index in [-0.39, 0.29) is 14.1 Å². The van der Waals surface area contributed by atoms with Crippen LogP contribution in [0.4, 0.5) is 0 Å². The van der Waals surface area contributed by atoms with E-state index in [0.29, 0.717) is 0 Å². The monoisotopic (exact) mass is 743 g/mol. The van der Waals surface area contributed by atoms with E-state index in [1.807, 2.05) is 0 Å². The van der Waals surface area contributed by atoms with Crippen LogP contribution in [0.25, 0.3) is 0 Å². The fourth-order valence-electron chi connectivity index (χ4n) is 9.12. The largest absolute Gasteiger partial charge is 0.178 e. The Morgan fingerprint density at radius 2 is 0.731 bits per heavy atom. The zero-order valence-corrected chi connectivity index (χ0v) is 38.5. The number of unbranched alkanes of at least 4 members (excludes halogenated alkanes) is 23. The third-order valence-electron chi connectivity index (χ3n) is 12.6. The lowest BCUT2D eigenvalue weighted by molar-refractivity contribution is 0.582. The highest BCUT2D eigenvalue weighted by Crippen LogP contribution is 2.39. The molecule has 0 aliphatic heterocycles. The summed E-state index contributed by atoms with van der Waals surface area (Å²) in [4.78, 5) is 0.